The van der Waals surface area contributed by atoms with Gasteiger partial charge in [0.2, 0.25) is 11.8 Å². The van der Waals surface area contributed by atoms with Crippen molar-refractivity contribution in [2.24, 2.45) is 0 Å². The highest BCUT2D eigenvalue weighted by atomic mass is 32.2. The van der Waals surface area contributed by atoms with Gasteiger partial charge in [-0.1, -0.05) is 6.92 Å². The third kappa shape index (κ3) is 5.03. The minimum atomic E-state index is -1.15. The van der Waals surface area contributed by atoms with E-state index < -0.39 is 11.5 Å². The van der Waals surface area contributed by atoms with Crippen molar-refractivity contribution >= 4 is 29.5 Å². The van der Waals surface area contributed by atoms with Gasteiger partial charge in [-0.25, -0.2) is 4.79 Å². The summed E-state index contributed by atoms with van der Waals surface area (Å²) >= 11 is 1.69. The normalized spacial score (nSPS) is 17.2. The van der Waals surface area contributed by atoms with Crippen LogP contribution in [-0.2, 0) is 14.4 Å². The Labute approximate surface area is 123 Å². The molecule has 1 heterocycles. The number of hydrogen-bond donors (Lipinski definition) is 3. The summed E-state index contributed by atoms with van der Waals surface area (Å²) in [6, 6.07) is 0. The molecule has 1 aliphatic heterocycles. The predicted octanol–water partition coefficient (Wildman–Crippen LogP) is 0.759. The second-order valence-corrected chi connectivity index (χ2v) is 6.12. The number of hydrogen-bond acceptors (Lipinski definition) is 4. The zero-order valence-electron chi connectivity index (χ0n) is 11.7. The molecular weight excluding hydrogens is 280 g/mol. The van der Waals surface area contributed by atoms with E-state index in [1.54, 1.807) is 11.8 Å². The molecule has 0 saturated carbocycles. The highest BCUT2D eigenvalue weighted by Gasteiger charge is 2.41. The Morgan fingerprint density at radius 3 is 2.30 bits per heavy atom. The van der Waals surface area contributed by atoms with E-state index in [9.17, 15) is 19.5 Å². The molecule has 0 aliphatic carbocycles. The number of nitrogens with one attached hydrogen (secondary N) is 2. The summed E-state index contributed by atoms with van der Waals surface area (Å²) in [6.07, 6.45) is 1.83. The molecule has 0 spiro atoms. The van der Waals surface area contributed by atoms with E-state index in [0.29, 0.717) is 19.4 Å². The van der Waals surface area contributed by atoms with Crippen LogP contribution in [0.15, 0.2) is 0 Å². The maximum Gasteiger partial charge on any atom is 0.329 e. The van der Waals surface area contributed by atoms with Gasteiger partial charge in [-0.15, -0.1) is 0 Å². The number of aliphatic carboxylic acids is 1. The lowest BCUT2D eigenvalue weighted by molar-refractivity contribution is -0.148. The molecule has 7 heteroatoms. The van der Waals surface area contributed by atoms with Crippen LogP contribution in [-0.4, -0.2) is 46.5 Å². The maximum absolute atomic E-state index is 11.8. The number of amides is 2. The average molecular weight is 302 g/mol. The van der Waals surface area contributed by atoms with E-state index in [1.807, 2.05) is 6.92 Å². The van der Waals surface area contributed by atoms with Gasteiger partial charge < -0.3 is 15.7 Å². The summed E-state index contributed by atoms with van der Waals surface area (Å²) in [5.74, 6) is -0.0780. The van der Waals surface area contributed by atoms with Crippen molar-refractivity contribution in [1.82, 2.24) is 10.6 Å². The molecule has 20 heavy (non-hydrogen) atoms. The molecule has 0 aromatic rings. The first kappa shape index (κ1) is 16.8. The van der Waals surface area contributed by atoms with Crippen LogP contribution in [0.4, 0.5) is 0 Å². The zero-order valence-corrected chi connectivity index (χ0v) is 12.6. The van der Waals surface area contributed by atoms with E-state index in [4.69, 9.17) is 0 Å². The SMILES string of the molecule is CCCNC(=O)CCC(=O)NC1(C(=O)O)CCSCC1. The third-order valence-electron chi connectivity index (χ3n) is 3.29. The number of rotatable bonds is 7. The van der Waals surface area contributed by atoms with Crippen molar-refractivity contribution in [2.45, 2.75) is 44.6 Å². The Morgan fingerprint density at radius 1 is 1.15 bits per heavy atom. The van der Waals surface area contributed by atoms with Crippen LogP contribution in [0.5, 0.6) is 0 Å². The lowest BCUT2D eigenvalue weighted by atomic mass is 9.92. The van der Waals surface area contributed by atoms with Gasteiger partial charge in [-0.05, 0) is 30.8 Å². The highest BCUT2D eigenvalue weighted by Crippen LogP contribution is 2.27. The van der Waals surface area contributed by atoms with Crippen molar-refractivity contribution in [3.05, 3.63) is 0 Å². The van der Waals surface area contributed by atoms with E-state index in [2.05, 4.69) is 10.6 Å². The first-order valence-electron chi connectivity index (χ1n) is 6.89. The fourth-order valence-corrected chi connectivity index (χ4v) is 3.21. The topological polar surface area (TPSA) is 95.5 Å². The molecule has 0 unspecified atom stereocenters. The van der Waals surface area contributed by atoms with Crippen LogP contribution < -0.4 is 10.6 Å². The predicted molar refractivity (Wildman–Crippen MR) is 77.6 cm³/mol. The van der Waals surface area contributed by atoms with Crippen LogP contribution in [0.1, 0.15) is 39.0 Å². The van der Waals surface area contributed by atoms with Crippen molar-refractivity contribution in [1.29, 1.82) is 0 Å². The fourth-order valence-electron chi connectivity index (χ4n) is 2.02. The zero-order chi connectivity index (χ0) is 15.0. The smallest absolute Gasteiger partial charge is 0.329 e. The third-order valence-corrected chi connectivity index (χ3v) is 4.27. The quantitative estimate of drug-likeness (QED) is 0.645. The molecule has 0 aromatic carbocycles. The van der Waals surface area contributed by atoms with E-state index in [-0.39, 0.29) is 24.7 Å². The lowest BCUT2D eigenvalue weighted by Gasteiger charge is -2.33. The molecule has 0 bridgehead atoms. The fraction of sp³-hybridized carbons (Fsp3) is 0.769. The van der Waals surface area contributed by atoms with E-state index >= 15 is 0 Å². The van der Waals surface area contributed by atoms with Gasteiger partial charge in [0, 0.05) is 19.4 Å². The second kappa shape index (κ2) is 8.14. The maximum atomic E-state index is 11.8. The number of carboxylic acid groups (broad SMARTS) is 1. The monoisotopic (exact) mass is 302 g/mol. The summed E-state index contributed by atoms with van der Waals surface area (Å²) in [7, 11) is 0. The van der Waals surface area contributed by atoms with Crippen molar-refractivity contribution in [2.75, 3.05) is 18.1 Å². The van der Waals surface area contributed by atoms with Crippen molar-refractivity contribution in [3.8, 4) is 0 Å². The number of carbonyl (C=O) groups excluding carboxylic acids is 2. The van der Waals surface area contributed by atoms with Gasteiger partial charge in [0.15, 0.2) is 0 Å². The van der Waals surface area contributed by atoms with Crippen LogP contribution in [0.25, 0.3) is 0 Å². The van der Waals surface area contributed by atoms with Gasteiger partial charge in [0.05, 0.1) is 0 Å². The molecule has 1 fully saturated rings. The van der Waals surface area contributed by atoms with Crippen LogP contribution >= 0.6 is 11.8 Å². The number of carboxylic acids is 1. The molecule has 1 aliphatic rings. The summed E-state index contributed by atoms with van der Waals surface area (Å²) in [5, 5.41) is 14.6. The molecule has 0 atom stereocenters. The minimum Gasteiger partial charge on any atom is -0.480 e. The van der Waals surface area contributed by atoms with Gasteiger partial charge in [-0.3, -0.25) is 9.59 Å². The van der Waals surface area contributed by atoms with Gasteiger partial charge >= 0.3 is 5.97 Å². The van der Waals surface area contributed by atoms with Gasteiger partial charge in [0.25, 0.3) is 0 Å². The molecule has 3 N–H and O–H groups in total. The molecule has 114 valence electrons. The first-order chi connectivity index (χ1) is 9.50. The Kier molecular flexibility index (Phi) is 6.84. The molecular formula is C13H22N2O4S. The summed E-state index contributed by atoms with van der Waals surface area (Å²) in [6.45, 7) is 2.54. The molecule has 0 aromatic heterocycles. The minimum absolute atomic E-state index is 0.0255. The molecule has 6 nitrogen and oxygen atoms in total. The second-order valence-electron chi connectivity index (χ2n) is 4.90. The molecule has 2 amide bonds. The number of carbonyl (C=O) groups is 3. The summed E-state index contributed by atoms with van der Waals surface area (Å²) < 4.78 is 0. The van der Waals surface area contributed by atoms with Gasteiger partial charge in [-0.2, -0.15) is 11.8 Å². The Balaban J connectivity index is 2.43. The average Bonchev–Trinajstić information content (AvgIpc) is 2.43. The Hall–Kier alpha value is -1.24. The molecule has 1 rings (SSSR count). The first-order valence-corrected chi connectivity index (χ1v) is 8.04. The largest absolute Gasteiger partial charge is 0.480 e. The lowest BCUT2D eigenvalue weighted by Crippen LogP contribution is -2.56. The van der Waals surface area contributed by atoms with E-state index in [0.717, 1.165) is 17.9 Å². The standard InChI is InChI=1S/C13H22N2O4S/c1-2-7-14-10(16)3-4-11(17)15-13(12(18)19)5-8-20-9-6-13/h2-9H2,1H3,(H,14,16)(H,15,17)(H,18,19). The van der Waals surface area contributed by atoms with E-state index in [1.165, 1.54) is 0 Å². The number of thioether (sulfide) groups is 1. The van der Waals surface area contributed by atoms with Crippen LogP contribution in [0, 0.1) is 0 Å². The Bertz CT molecular complexity index is 367. The van der Waals surface area contributed by atoms with Crippen molar-refractivity contribution in [3.63, 3.8) is 0 Å². The van der Waals surface area contributed by atoms with Gasteiger partial charge in [0.1, 0.15) is 5.54 Å². The molecule has 0 radical (unpaired) electrons. The van der Waals surface area contributed by atoms with Crippen molar-refractivity contribution < 1.29 is 19.5 Å². The molecule has 1 saturated heterocycles. The summed E-state index contributed by atoms with van der Waals surface area (Å²) in [4.78, 5) is 34.6. The van der Waals surface area contributed by atoms with Crippen LogP contribution in [0.3, 0.4) is 0 Å². The highest BCUT2D eigenvalue weighted by molar-refractivity contribution is 7.99. The summed E-state index contributed by atoms with van der Waals surface area (Å²) in [5.41, 5.74) is -1.15. The van der Waals surface area contributed by atoms with Crippen LogP contribution in [0.2, 0.25) is 0 Å². The Morgan fingerprint density at radius 2 is 1.75 bits per heavy atom.